The van der Waals surface area contributed by atoms with Gasteiger partial charge in [-0.25, -0.2) is 0 Å². The lowest BCUT2D eigenvalue weighted by atomic mass is 9.43. The monoisotopic (exact) mass is 724 g/mol. The van der Waals surface area contributed by atoms with Crippen LogP contribution in [0.15, 0.2) is 130 Å². The van der Waals surface area contributed by atoms with Gasteiger partial charge in [-0.3, -0.25) is 0 Å². The van der Waals surface area contributed by atoms with Gasteiger partial charge in [-0.05, 0) is 93.4 Å². The smallest absolute Gasteiger partial charge is 0.333 e. The van der Waals surface area contributed by atoms with Crippen LogP contribution < -0.4 is 15.7 Å². The van der Waals surface area contributed by atoms with Crippen LogP contribution in [0.4, 0.5) is 11.4 Å². The van der Waals surface area contributed by atoms with Crippen molar-refractivity contribution in [3.8, 4) is 16.8 Å². The average molecular weight is 725 g/mol. The summed E-state index contributed by atoms with van der Waals surface area (Å²) in [5.74, 6) is 0. The highest BCUT2D eigenvalue weighted by Crippen LogP contribution is 2.48. The van der Waals surface area contributed by atoms with Crippen molar-refractivity contribution >= 4 is 94.8 Å². The molecule has 5 heteroatoms. The number of aryl methyl sites for hydroxylation is 1. The van der Waals surface area contributed by atoms with Gasteiger partial charge in [0.2, 0.25) is 0 Å². The summed E-state index contributed by atoms with van der Waals surface area (Å²) in [4.78, 5) is 2.62. The van der Waals surface area contributed by atoms with Gasteiger partial charge in [0.05, 0.1) is 11.0 Å². The predicted molar refractivity (Wildman–Crippen MR) is 237 cm³/mol. The van der Waals surface area contributed by atoms with Crippen LogP contribution in [0.1, 0.15) is 58.2 Å². The van der Waals surface area contributed by atoms with Gasteiger partial charge in [0.15, 0.2) is 0 Å². The molecule has 10 aromatic rings. The Balaban J connectivity index is 1.27. The molecule has 0 amide bonds. The van der Waals surface area contributed by atoms with Gasteiger partial charge in [0.1, 0.15) is 22.3 Å². The minimum atomic E-state index is -0.0877. The van der Waals surface area contributed by atoms with Crippen LogP contribution >= 0.6 is 0 Å². The lowest BCUT2D eigenvalue weighted by molar-refractivity contribution is 0.590. The summed E-state index contributed by atoms with van der Waals surface area (Å²) in [7, 11) is 0. The molecule has 0 unspecified atom stereocenters. The van der Waals surface area contributed by atoms with E-state index < -0.39 is 0 Å². The molecule has 56 heavy (non-hydrogen) atoms. The molecule has 0 bridgehead atoms. The van der Waals surface area contributed by atoms with E-state index in [1.54, 1.807) is 0 Å². The second-order valence-corrected chi connectivity index (χ2v) is 18.2. The lowest BCUT2D eigenvalue weighted by Gasteiger charge is -2.42. The maximum Gasteiger partial charge on any atom is 0.333 e. The molecular formula is C51H41BN2O2. The molecular weight excluding hydrogens is 683 g/mol. The van der Waals surface area contributed by atoms with Crippen LogP contribution in [0.5, 0.6) is 0 Å². The maximum absolute atomic E-state index is 6.64. The summed E-state index contributed by atoms with van der Waals surface area (Å²) < 4.78 is 15.7. The number of hydrogen-bond donors (Lipinski definition) is 0. The van der Waals surface area contributed by atoms with Gasteiger partial charge in [-0.2, -0.15) is 0 Å². The summed E-state index contributed by atoms with van der Waals surface area (Å²) in [5, 5.41) is 7.11. The number of aromatic nitrogens is 1. The zero-order valence-electron chi connectivity index (χ0n) is 32.8. The van der Waals surface area contributed by atoms with Gasteiger partial charge in [-0.15, -0.1) is 0 Å². The van der Waals surface area contributed by atoms with Gasteiger partial charge < -0.3 is 18.2 Å². The third-order valence-electron chi connectivity index (χ3n) is 12.8. The Morgan fingerprint density at radius 2 is 1.14 bits per heavy atom. The second-order valence-electron chi connectivity index (χ2n) is 18.2. The van der Waals surface area contributed by atoms with Crippen molar-refractivity contribution in [3.63, 3.8) is 0 Å². The van der Waals surface area contributed by atoms with E-state index in [4.69, 9.17) is 8.83 Å². The molecule has 0 N–H and O–H groups in total. The van der Waals surface area contributed by atoms with Gasteiger partial charge in [0.25, 0.3) is 0 Å². The van der Waals surface area contributed by atoms with Crippen LogP contribution in [-0.4, -0.2) is 11.4 Å². The highest BCUT2D eigenvalue weighted by Gasteiger charge is 2.45. The largest absolute Gasteiger partial charge is 0.456 e. The van der Waals surface area contributed by atoms with Gasteiger partial charge in [0, 0.05) is 67.1 Å². The fraction of sp³-hybridized carbons (Fsp3) is 0.176. The van der Waals surface area contributed by atoms with E-state index in [0.717, 1.165) is 55.1 Å². The van der Waals surface area contributed by atoms with Crippen molar-refractivity contribution in [3.05, 3.63) is 138 Å². The molecule has 12 rings (SSSR count). The first-order valence-corrected chi connectivity index (χ1v) is 19.9. The molecule has 0 saturated heterocycles. The van der Waals surface area contributed by atoms with E-state index in [0.29, 0.717) is 0 Å². The zero-order valence-corrected chi connectivity index (χ0v) is 32.8. The molecule has 4 nitrogen and oxygen atoms in total. The molecule has 270 valence electrons. The maximum atomic E-state index is 6.64. The SMILES string of the molecule is Cc1cc2c3c4c1c1cc5c(cc1n4-c1cc4oc6ccccc6c4cc1B3N(c1ccc(C(C)(C)C)cc1)c1ccc(C(C)(C)C)cc1-2)oc1ccccc15. The van der Waals surface area contributed by atoms with Crippen molar-refractivity contribution in [2.24, 2.45) is 0 Å². The number of fused-ring (bicyclic) bond motifs is 14. The average Bonchev–Trinajstić information content (AvgIpc) is 3.84. The molecule has 0 spiro atoms. The number of rotatable bonds is 1. The summed E-state index contributed by atoms with van der Waals surface area (Å²) >= 11 is 0. The Labute approximate surface area is 326 Å². The van der Waals surface area contributed by atoms with E-state index >= 15 is 0 Å². The topological polar surface area (TPSA) is 34.5 Å². The second kappa shape index (κ2) is 10.6. The molecule has 5 heterocycles. The van der Waals surface area contributed by atoms with Crippen molar-refractivity contribution in [1.29, 1.82) is 0 Å². The van der Waals surface area contributed by atoms with Crippen molar-refractivity contribution in [2.45, 2.75) is 59.3 Å². The van der Waals surface area contributed by atoms with Crippen molar-refractivity contribution in [2.75, 3.05) is 4.81 Å². The number of para-hydroxylation sites is 2. The van der Waals surface area contributed by atoms with E-state index in [-0.39, 0.29) is 17.7 Å². The highest BCUT2D eigenvalue weighted by molar-refractivity contribution is 6.94. The summed E-state index contributed by atoms with van der Waals surface area (Å²) in [5.41, 5.74) is 18.8. The Bertz CT molecular complexity index is 3340. The fourth-order valence-electron chi connectivity index (χ4n) is 10.00. The Kier molecular flexibility index (Phi) is 6.05. The third-order valence-corrected chi connectivity index (χ3v) is 12.8. The fourth-order valence-corrected chi connectivity index (χ4v) is 10.00. The summed E-state index contributed by atoms with van der Waals surface area (Å²) in [6.45, 7) is 16.0. The van der Waals surface area contributed by atoms with E-state index in [2.05, 4.69) is 179 Å². The first kappa shape index (κ1) is 32.1. The lowest BCUT2D eigenvalue weighted by Crippen LogP contribution is -2.60. The Morgan fingerprint density at radius 3 is 1.82 bits per heavy atom. The van der Waals surface area contributed by atoms with Gasteiger partial charge in [-0.1, -0.05) is 108 Å². The van der Waals surface area contributed by atoms with Crippen LogP contribution in [0.25, 0.3) is 82.5 Å². The van der Waals surface area contributed by atoms with Crippen LogP contribution in [0.2, 0.25) is 0 Å². The summed E-state index contributed by atoms with van der Waals surface area (Å²) in [6.07, 6.45) is 0. The predicted octanol–water partition coefficient (Wildman–Crippen LogP) is 12.7. The van der Waals surface area contributed by atoms with Gasteiger partial charge >= 0.3 is 6.85 Å². The summed E-state index contributed by atoms with van der Waals surface area (Å²) in [6, 6.07) is 45.2. The number of anilines is 2. The van der Waals surface area contributed by atoms with Crippen LogP contribution in [0, 0.1) is 6.92 Å². The standard InChI is InChI=1S/C51H41BN2O2/c1-28-22-37-34-23-30(51(5,6)7)18-21-40(34)54(31-19-16-29(17-20-31)50(2,3)4)52-39-25-36-33-13-9-11-15-44(33)56-46(36)27-42(39)53-41-26-45-35(32-12-8-10-14-43(32)55-45)24-38(41)47(28)49(53)48(37)52/h8-27H,1-7H3. The van der Waals surface area contributed by atoms with Crippen molar-refractivity contribution in [1.82, 2.24) is 4.57 Å². The Morgan fingerprint density at radius 1 is 0.518 bits per heavy atom. The molecule has 0 aliphatic carbocycles. The first-order valence-electron chi connectivity index (χ1n) is 19.9. The number of benzene rings is 7. The third kappa shape index (κ3) is 4.15. The molecule has 0 saturated carbocycles. The molecule has 7 aromatic carbocycles. The quantitative estimate of drug-likeness (QED) is 0.158. The molecule has 2 aliphatic heterocycles. The highest BCUT2D eigenvalue weighted by atomic mass is 16.3. The molecule has 0 radical (unpaired) electrons. The van der Waals surface area contributed by atoms with E-state index in [1.807, 2.05) is 0 Å². The minimum Gasteiger partial charge on any atom is -0.456 e. The Hall–Kier alpha value is -6.20. The van der Waals surface area contributed by atoms with Crippen LogP contribution in [-0.2, 0) is 10.8 Å². The molecule has 0 fully saturated rings. The molecule has 3 aromatic heterocycles. The number of furan rings is 2. The normalized spacial score (nSPS) is 13.9. The molecule has 2 aliphatic rings. The van der Waals surface area contributed by atoms with Crippen molar-refractivity contribution < 1.29 is 8.83 Å². The van der Waals surface area contributed by atoms with E-state index in [1.165, 1.54) is 66.4 Å². The zero-order chi connectivity index (χ0) is 38.0. The first-order chi connectivity index (χ1) is 26.9. The number of hydrogen-bond acceptors (Lipinski definition) is 3. The number of nitrogens with zero attached hydrogens (tertiary/aromatic N) is 2. The van der Waals surface area contributed by atoms with Crippen LogP contribution in [0.3, 0.4) is 0 Å². The molecule has 0 atom stereocenters. The van der Waals surface area contributed by atoms with E-state index in [9.17, 15) is 0 Å². The minimum absolute atomic E-state index is 0.00621.